The minimum Gasteiger partial charge on any atom is -0.480 e. The summed E-state index contributed by atoms with van der Waals surface area (Å²) in [5.41, 5.74) is -1.06. The van der Waals surface area contributed by atoms with Gasteiger partial charge in [0.15, 0.2) is 0 Å². The lowest BCUT2D eigenvalue weighted by Crippen LogP contribution is -2.52. The number of carboxylic acid groups (broad SMARTS) is 1. The molecule has 0 amide bonds. The molecule has 0 fully saturated rings. The van der Waals surface area contributed by atoms with Crippen LogP contribution in [0.3, 0.4) is 0 Å². The van der Waals surface area contributed by atoms with Gasteiger partial charge in [0.25, 0.3) is 0 Å². The third-order valence-corrected chi connectivity index (χ3v) is 2.56. The van der Waals surface area contributed by atoms with E-state index in [9.17, 15) is 18.0 Å². The number of hydrogen-bond acceptors (Lipinski definition) is 3. The van der Waals surface area contributed by atoms with Crippen LogP contribution in [-0.4, -0.2) is 42.0 Å². The second-order valence-corrected chi connectivity index (χ2v) is 5.06. The molecule has 0 aliphatic rings. The van der Waals surface area contributed by atoms with Crippen molar-refractivity contribution in [2.45, 2.75) is 57.8 Å². The second-order valence-electron chi connectivity index (χ2n) is 5.06. The summed E-state index contributed by atoms with van der Waals surface area (Å²) >= 11 is 0. The third-order valence-electron chi connectivity index (χ3n) is 2.56. The molecule has 2 N–H and O–H groups in total. The number of carbonyl (C=O) groups is 1. The quantitative estimate of drug-likeness (QED) is 0.639. The first-order valence-electron chi connectivity index (χ1n) is 6.22. The van der Waals surface area contributed by atoms with Gasteiger partial charge in [-0.05, 0) is 40.0 Å². The van der Waals surface area contributed by atoms with E-state index in [2.05, 4.69) is 10.1 Å². The Morgan fingerprint density at radius 2 is 1.89 bits per heavy atom. The molecule has 114 valence electrons. The maximum absolute atomic E-state index is 11.8. The normalized spacial score (nSPS) is 15.5. The van der Waals surface area contributed by atoms with Gasteiger partial charge in [0.2, 0.25) is 0 Å². The van der Waals surface area contributed by atoms with Crippen LogP contribution in [0.1, 0.15) is 40.0 Å². The number of alkyl halides is 3. The molecular weight excluding hydrogens is 263 g/mol. The molecule has 0 aromatic heterocycles. The highest BCUT2D eigenvalue weighted by Crippen LogP contribution is 2.17. The van der Waals surface area contributed by atoms with Crippen molar-refractivity contribution in [3.05, 3.63) is 0 Å². The summed E-state index contributed by atoms with van der Waals surface area (Å²) in [7, 11) is 0. The zero-order valence-corrected chi connectivity index (χ0v) is 11.5. The van der Waals surface area contributed by atoms with Crippen LogP contribution in [0.15, 0.2) is 0 Å². The van der Waals surface area contributed by atoms with Crippen LogP contribution in [0.2, 0.25) is 0 Å². The number of ether oxygens (including phenoxy) is 1. The number of hydrogen-bond donors (Lipinski definition) is 2. The Balaban J connectivity index is 3.92. The van der Waals surface area contributed by atoms with Crippen molar-refractivity contribution < 1.29 is 27.8 Å². The molecule has 0 radical (unpaired) electrons. The van der Waals surface area contributed by atoms with Crippen molar-refractivity contribution >= 4 is 5.97 Å². The smallest absolute Gasteiger partial charge is 0.411 e. The Labute approximate surface area is 111 Å². The number of nitrogens with one attached hydrogen (secondary N) is 1. The fraction of sp³-hybridized carbons (Fsp3) is 0.917. The Hall–Kier alpha value is -0.820. The van der Waals surface area contributed by atoms with Crippen molar-refractivity contribution in [2.75, 3.05) is 13.2 Å². The first-order valence-corrected chi connectivity index (χ1v) is 6.22. The first kappa shape index (κ1) is 18.2. The van der Waals surface area contributed by atoms with Crippen molar-refractivity contribution in [3.63, 3.8) is 0 Å². The summed E-state index contributed by atoms with van der Waals surface area (Å²) in [6, 6.07) is 0.0163. The molecule has 0 aliphatic carbocycles. The van der Waals surface area contributed by atoms with Crippen LogP contribution in [0, 0.1) is 0 Å². The molecule has 0 heterocycles. The molecule has 1 atom stereocenters. The standard InChI is InChI=1S/C12H22F3NO3/c1-9(2)16-11(3,10(17)18)6-4-5-7-19-8-12(13,14)15/h9,16H,4-8H2,1-3H3,(H,17,18). The van der Waals surface area contributed by atoms with E-state index in [0.717, 1.165) is 0 Å². The van der Waals surface area contributed by atoms with Crippen LogP contribution in [0.4, 0.5) is 13.2 Å². The lowest BCUT2D eigenvalue weighted by molar-refractivity contribution is -0.174. The molecule has 0 spiro atoms. The summed E-state index contributed by atoms with van der Waals surface area (Å²) < 4.78 is 39.8. The van der Waals surface area contributed by atoms with Gasteiger partial charge < -0.3 is 9.84 Å². The van der Waals surface area contributed by atoms with Crippen LogP contribution in [0.5, 0.6) is 0 Å². The molecule has 0 aliphatic heterocycles. The highest BCUT2D eigenvalue weighted by Gasteiger charge is 2.32. The maximum atomic E-state index is 11.8. The Morgan fingerprint density at radius 3 is 2.32 bits per heavy atom. The van der Waals surface area contributed by atoms with Crippen LogP contribution < -0.4 is 5.32 Å². The lowest BCUT2D eigenvalue weighted by atomic mass is 9.94. The van der Waals surface area contributed by atoms with E-state index in [0.29, 0.717) is 19.3 Å². The zero-order chi connectivity index (χ0) is 15.1. The molecule has 4 nitrogen and oxygen atoms in total. The monoisotopic (exact) mass is 285 g/mol. The summed E-state index contributed by atoms with van der Waals surface area (Å²) in [6.07, 6.45) is -3.08. The maximum Gasteiger partial charge on any atom is 0.411 e. The van der Waals surface area contributed by atoms with E-state index in [1.54, 1.807) is 6.92 Å². The van der Waals surface area contributed by atoms with Gasteiger partial charge in [-0.3, -0.25) is 10.1 Å². The van der Waals surface area contributed by atoms with Crippen LogP contribution in [0.25, 0.3) is 0 Å². The predicted molar refractivity (Wildman–Crippen MR) is 65.0 cm³/mol. The highest BCUT2D eigenvalue weighted by molar-refractivity contribution is 5.78. The van der Waals surface area contributed by atoms with Gasteiger partial charge in [-0.1, -0.05) is 0 Å². The highest BCUT2D eigenvalue weighted by atomic mass is 19.4. The molecule has 0 aromatic carbocycles. The van der Waals surface area contributed by atoms with E-state index in [-0.39, 0.29) is 12.6 Å². The fourth-order valence-electron chi connectivity index (χ4n) is 1.75. The van der Waals surface area contributed by atoms with Gasteiger partial charge in [0.05, 0.1) is 0 Å². The molecule has 7 heteroatoms. The van der Waals surface area contributed by atoms with Gasteiger partial charge in [0, 0.05) is 12.6 Å². The second kappa shape index (κ2) is 7.69. The van der Waals surface area contributed by atoms with Crippen molar-refractivity contribution in [1.82, 2.24) is 5.32 Å². The number of halogens is 3. The molecular formula is C12H22F3NO3. The Kier molecular flexibility index (Phi) is 7.36. The van der Waals surface area contributed by atoms with E-state index in [4.69, 9.17) is 5.11 Å². The van der Waals surface area contributed by atoms with Gasteiger partial charge >= 0.3 is 12.1 Å². The first-order chi connectivity index (χ1) is 8.57. The van der Waals surface area contributed by atoms with Crippen molar-refractivity contribution in [1.29, 1.82) is 0 Å². The number of unbranched alkanes of at least 4 members (excludes halogenated alkanes) is 1. The van der Waals surface area contributed by atoms with E-state index < -0.39 is 24.3 Å². The van der Waals surface area contributed by atoms with Crippen LogP contribution in [-0.2, 0) is 9.53 Å². The summed E-state index contributed by atoms with van der Waals surface area (Å²) in [4.78, 5) is 11.2. The minimum absolute atomic E-state index is 0.0163. The summed E-state index contributed by atoms with van der Waals surface area (Å²) in [5.74, 6) is -0.961. The van der Waals surface area contributed by atoms with Gasteiger partial charge in [0.1, 0.15) is 12.1 Å². The predicted octanol–water partition coefficient (Wildman–Crippen LogP) is 2.58. The van der Waals surface area contributed by atoms with Gasteiger partial charge in [-0.25, -0.2) is 0 Å². The Morgan fingerprint density at radius 1 is 1.32 bits per heavy atom. The minimum atomic E-state index is -4.31. The summed E-state index contributed by atoms with van der Waals surface area (Å²) in [6.45, 7) is 3.98. The number of aliphatic carboxylic acids is 1. The molecule has 0 rings (SSSR count). The van der Waals surface area contributed by atoms with Crippen molar-refractivity contribution in [3.8, 4) is 0 Å². The summed E-state index contributed by atoms with van der Waals surface area (Å²) in [5, 5.41) is 12.1. The van der Waals surface area contributed by atoms with Gasteiger partial charge in [-0.2, -0.15) is 13.2 Å². The zero-order valence-electron chi connectivity index (χ0n) is 11.5. The molecule has 0 bridgehead atoms. The molecule has 0 saturated heterocycles. The number of carboxylic acids is 1. The van der Waals surface area contributed by atoms with Crippen molar-refractivity contribution in [2.24, 2.45) is 0 Å². The van der Waals surface area contributed by atoms with E-state index in [1.165, 1.54) is 0 Å². The van der Waals surface area contributed by atoms with Crippen LogP contribution >= 0.6 is 0 Å². The molecule has 0 saturated carbocycles. The van der Waals surface area contributed by atoms with E-state index >= 15 is 0 Å². The Bertz CT molecular complexity index is 282. The topological polar surface area (TPSA) is 58.6 Å². The molecule has 19 heavy (non-hydrogen) atoms. The SMILES string of the molecule is CC(C)NC(C)(CCCCOCC(F)(F)F)C(=O)O. The third kappa shape index (κ3) is 8.83. The van der Waals surface area contributed by atoms with E-state index in [1.807, 2.05) is 13.8 Å². The molecule has 1 unspecified atom stereocenters. The average Bonchev–Trinajstić information content (AvgIpc) is 2.20. The average molecular weight is 285 g/mol. The fourth-order valence-corrected chi connectivity index (χ4v) is 1.75. The number of rotatable bonds is 9. The molecule has 0 aromatic rings. The largest absolute Gasteiger partial charge is 0.480 e. The lowest BCUT2D eigenvalue weighted by Gasteiger charge is -2.28. The van der Waals surface area contributed by atoms with Gasteiger partial charge in [-0.15, -0.1) is 0 Å².